The number of nitrogens with zero attached hydrogens (tertiary/aromatic N) is 1. The smallest absolute Gasteiger partial charge is 0.348 e. The number of carbonyl (C=O) groups is 1. The van der Waals surface area contributed by atoms with Crippen LogP contribution in [0.2, 0.25) is 0 Å². The third kappa shape index (κ3) is 3.84. The van der Waals surface area contributed by atoms with Crippen molar-refractivity contribution < 1.29 is 18.0 Å². The van der Waals surface area contributed by atoms with Gasteiger partial charge in [0.25, 0.3) is 5.91 Å². The molecule has 1 aromatic rings. The summed E-state index contributed by atoms with van der Waals surface area (Å²) in [6, 6.07) is 0.799. The number of hydrogen-bond donors (Lipinski definition) is 2. The molecule has 1 saturated heterocycles. The molecule has 1 fully saturated rings. The molecule has 0 bridgehead atoms. The number of likely N-dealkylation sites (N-methyl/N-ethyl adjacent to an activating group) is 1. The Hall–Kier alpha value is -1.83. The number of halogens is 3. The molecule has 0 aliphatic carbocycles. The van der Waals surface area contributed by atoms with Crippen molar-refractivity contribution in [2.75, 3.05) is 13.6 Å². The van der Waals surface area contributed by atoms with Crippen LogP contribution < -0.4 is 10.9 Å². The molecule has 2 heterocycles. The molecule has 8 heteroatoms. The summed E-state index contributed by atoms with van der Waals surface area (Å²) in [7, 11) is 1.40. The number of rotatable bonds is 2. The second kappa shape index (κ2) is 5.88. The molecular formula is C13H16F3N3O2. The lowest BCUT2D eigenvalue weighted by Crippen LogP contribution is -2.54. The summed E-state index contributed by atoms with van der Waals surface area (Å²) >= 11 is 0. The van der Waals surface area contributed by atoms with E-state index in [1.54, 1.807) is 0 Å². The van der Waals surface area contributed by atoms with Crippen molar-refractivity contribution in [1.82, 2.24) is 15.2 Å². The Labute approximate surface area is 119 Å². The number of H-pyrrole nitrogens is 1. The predicted octanol–water partition coefficient (Wildman–Crippen LogP) is 1.13. The number of pyridine rings is 1. The quantitative estimate of drug-likeness (QED) is 0.861. The van der Waals surface area contributed by atoms with Crippen LogP contribution in [0.3, 0.4) is 0 Å². The number of carbonyl (C=O) groups excluding carboxylic acids is 1. The highest BCUT2D eigenvalue weighted by Crippen LogP contribution is 2.30. The molecule has 0 saturated carbocycles. The standard InChI is InChI=1S/C13H16F3N3O2/c1-19-7-9(3-4-10(19)13(14,15)16)18-12(21)8-2-5-11(20)17-6-8/h2,5-6,9-10H,3-4,7H2,1H3,(H,17,20)(H,18,21)/t9-,10+/m0/s1. The summed E-state index contributed by atoms with van der Waals surface area (Å²) in [6.07, 6.45) is -2.74. The van der Waals surface area contributed by atoms with E-state index in [1.165, 1.54) is 30.3 Å². The molecule has 1 aromatic heterocycles. The van der Waals surface area contributed by atoms with Crippen LogP contribution in [0.4, 0.5) is 13.2 Å². The highest BCUT2D eigenvalue weighted by atomic mass is 19.4. The van der Waals surface area contributed by atoms with Crippen LogP contribution in [0.15, 0.2) is 23.1 Å². The Balaban J connectivity index is 1.95. The molecule has 2 rings (SSSR count). The van der Waals surface area contributed by atoms with Gasteiger partial charge in [0.2, 0.25) is 5.56 Å². The van der Waals surface area contributed by atoms with Gasteiger partial charge < -0.3 is 10.3 Å². The largest absolute Gasteiger partial charge is 0.404 e. The molecule has 1 aliphatic heterocycles. The number of nitrogens with one attached hydrogen (secondary N) is 2. The Morgan fingerprint density at radius 2 is 2.10 bits per heavy atom. The van der Waals surface area contributed by atoms with Gasteiger partial charge in [-0.25, -0.2) is 0 Å². The van der Waals surface area contributed by atoms with Gasteiger partial charge in [-0.2, -0.15) is 13.2 Å². The van der Waals surface area contributed by atoms with E-state index in [2.05, 4.69) is 10.3 Å². The number of piperidine rings is 1. The molecule has 1 amide bonds. The maximum Gasteiger partial charge on any atom is 0.404 e. The van der Waals surface area contributed by atoms with Gasteiger partial charge >= 0.3 is 6.18 Å². The zero-order valence-electron chi connectivity index (χ0n) is 11.4. The second-order valence-electron chi connectivity index (χ2n) is 5.19. The fourth-order valence-electron chi connectivity index (χ4n) is 2.50. The fraction of sp³-hybridized carbons (Fsp3) is 0.538. The number of aromatic amines is 1. The lowest BCUT2D eigenvalue weighted by atomic mass is 9.98. The summed E-state index contributed by atoms with van der Waals surface area (Å²) in [4.78, 5) is 26.4. The van der Waals surface area contributed by atoms with Crippen molar-refractivity contribution in [3.8, 4) is 0 Å². The molecule has 0 spiro atoms. The van der Waals surface area contributed by atoms with Gasteiger partial charge in [-0.1, -0.05) is 0 Å². The Bertz CT molecular complexity index is 550. The first-order valence-corrected chi connectivity index (χ1v) is 6.54. The maximum atomic E-state index is 12.7. The van der Waals surface area contributed by atoms with Crippen molar-refractivity contribution in [3.63, 3.8) is 0 Å². The van der Waals surface area contributed by atoms with E-state index in [9.17, 15) is 22.8 Å². The topological polar surface area (TPSA) is 65.2 Å². The zero-order valence-corrected chi connectivity index (χ0v) is 11.4. The normalized spacial score (nSPS) is 23.8. The first-order valence-electron chi connectivity index (χ1n) is 6.54. The van der Waals surface area contributed by atoms with Crippen molar-refractivity contribution >= 4 is 5.91 Å². The molecule has 116 valence electrons. The van der Waals surface area contributed by atoms with Crippen LogP contribution in [0, 0.1) is 0 Å². The molecule has 0 aromatic carbocycles. The molecule has 0 unspecified atom stereocenters. The molecular weight excluding hydrogens is 287 g/mol. The number of alkyl halides is 3. The Kier molecular flexibility index (Phi) is 4.36. The third-order valence-corrected chi connectivity index (χ3v) is 3.59. The van der Waals surface area contributed by atoms with Gasteiger partial charge in [0, 0.05) is 24.8 Å². The van der Waals surface area contributed by atoms with Gasteiger partial charge in [-0.3, -0.25) is 14.5 Å². The molecule has 2 N–H and O–H groups in total. The van der Waals surface area contributed by atoms with E-state index in [0.29, 0.717) is 0 Å². The van der Waals surface area contributed by atoms with Crippen LogP contribution in [0.25, 0.3) is 0 Å². The van der Waals surface area contributed by atoms with Crippen molar-refractivity contribution in [2.45, 2.75) is 31.1 Å². The molecule has 0 radical (unpaired) electrons. The number of aromatic nitrogens is 1. The average Bonchev–Trinajstić information content (AvgIpc) is 2.37. The summed E-state index contributed by atoms with van der Waals surface area (Å²) in [5.74, 6) is -0.407. The zero-order chi connectivity index (χ0) is 15.6. The SMILES string of the molecule is CN1C[C@@H](NC(=O)c2ccc(=O)[nH]c2)CC[C@@H]1C(F)(F)F. The Morgan fingerprint density at radius 1 is 1.38 bits per heavy atom. The molecule has 5 nitrogen and oxygen atoms in total. The van der Waals surface area contributed by atoms with Crippen LogP contribution in [-0.2, 0) is 0 Å². The summed E-state index contributed by atoms with van der Waals surface area (Å²) < 4.78 is 38.2. The third-order valence-electron chi connectivity index (χ3n) is 3.59. The number of hydrogen-bond acceptors (Lipinski definition) is 3. The summed E-state index contributed by atoms with van der Waals surface area (Å²) in [5, 5.41) is 2.69. The minimum atomic E-state index is -4.25. The summed E-state index contributed by atoms with van der Waals surface area (Å²) in [6.45, 7) is 0.138. The first-order chi connectivity index (χ1) is 9.77. The highest BCUT2D eigenvalue weighted by Gasteiger charge is 2.44. The maximum absolute atomic E-state index is 12.7. The van der Waals surface area contributed by atoms with E-state index < -0.39 is 18.1 Å². The van der Waals surface area contributed by atoms with E-state index in [-0.39, 0.29) is 36.6 Å². The average molecular weight is 303 g/mol. The predicted molar refractivity (Wildman–Crippen MR) is 70.0 cm³/mol. The van der Waals surface area contributed by atoms with Crippen molar-refractivity contribution in [1.29, 1.82) is 0 Å². The molecule has 1 aliphatic rings. The van der Waals surface area contributed by atoms with Gasteiger partial charge in [-0.15, -0.1) is 0 Å². The fourth-order valence-corrected chi connectivity index (χ4v) is 2.50. The van der Waals surface area contributed by atoms with Gasteiger partial charge in [0.05, 0.1) is 5.56 Å². The Morgan fingerprint density at radius 3 is 2.62 bits per heavy atom. The molecule has 2 atom stereocenters. The number of likely N-dealkylation sites (tertiary alicyclic amines) is 1. The first kappa shape index (κ1) is 15.6. The van der Waals surface area contributed by atoms with E-state index >= 15 is 0 Å². The monoisotopic (exact) mass is 303 g/mol. The summed E-state index contributed by atoms with van der Waals surface area (Å²) in [5.41, 5.74) is -0.0489. The second-order valence-corrected chi connectivity index (χ2v) is 5.19. The van der Waals surface area contributed by atoms with E-state index in [1.807, 2.05) is 0 Å². The van der Waals surface area contributed by atoms with Gasteiger partial charge in [0.1, 0.15) is 6.04 Å². The lowest BCUT2D eigenvalue weighted by Gasteiger charge is -2.38. The van der Waals surface area contributed by atoms with Crippen LogP contribution in [0.1, 0.15) is 23.2 Å². The van der Waals surface area contributed by atoms with Gasteiger partial charge in [-0.05, 0) is 26.0 Å². The van der Waals surface area contributed by atoms with Crippen molar-refractivity contribution in [2.24, 2.45) is 0 Å². The number of amides is 1. The van der Waals surface area contributed by atoms with E-state index in [4.69, 9.17) is 0 Å². The minimum absolute atomic E-state index is 0.0451. The van der Waals surface area contributed by atoms with Crippen molar-refractivity contribution in [3.05, 3.63) is 34.2 Å². The van der Waals surface area contributed by atoms with Crippen LogP contribution in [-0.4, -0.2) is 47.6 Å². The van der Waals surface area contributed by atoms with Crippen LogP contribution in [0.5, 0.6) is 0 Å². The van der Waals surface area contributed by atoms with Crippen LogP contribution >= 0.6 is 0 Å². The highest BCUT2D eigenvalue weighted by molar-refractivity contribution is 5.94. The van der Waals surface area contributed by atoms with E-state index in [0.717, 1.165) is 0 Å². The molecule has 21 heavy (non-hydrogen) atoms. The minimum Gasteiger partial charge on any atom is -0.348 e. The van der Waals surface area contributed by atoms with Gasteiger partial charge in [0.15, 0.2) is 0 Å². The lowest BCUT2D eigenvalue weighted by molar-refractivity contribution is -0.188.